The number of ether oxygens (including phenoxy) is 3. The number of methoxy groups -OCH3 is 3. The Labute approximate surface area is 171 Å². The molecule has 1 amide bonds. The molecule has 1 N–H and O–H groups in total. The summed E-state index contributed by atoms with van der Waals surface area (Å²) in [7, 11) is 4.45. The monoisotopic (exact) mass is 403 g/mol. The third-order valence-electron chi connectivity index (χ3n) is 4.74. The van der Waals surface area contributed by atoms with Gasteiger partial charge in [0.15, 0.2) is 17.3 Å². The molecule has 0 fully saturated rings. The summed E-state index contributed by atoms with van der Waals surface area (Å²) in [5.41, 5.74) is 2.66. The van der Waals surface area contributed by atoms with Gasteiger partial charge in [0.1, 0.15) is 17.1 Å². The van der Waals surface area contributed by atoms with Gasteiger partial charge in [-0.1, -0.05) is 6.07 Å². The van der Waals surface area contributed by atoms with Crippen LogP contribution in [0.25, 0.3) is 21.9 Å². The van der Waals surface area contributed by atoms with Crippen molar-refractivity contribution >= 4 is 39.9 Å². The molecule has 2 heterocycles. The summed E-state index contributed by atoms with van der Waals surface area (Å²) >= 11 is 0. The average molecular weight is 403 g/mol. The van der Waals surface area contributed by atoms with E-state index in [0.29, 0.717) is 40.4 Å². The summed E-state index contributed by atoms with van der Waals surface area (Å²) in [6.07, 6.45) is 2.15. The quantitative estimate of drug-likeness (QED) is 0.491. The maximum atomic E-state index is 12.1. The zero-order valence-corrected chi connectivity index (χ0v) is 16.5. The number of fused-ring (bicyclic) bond motifs is 3. The van der Waals surface area contributed by atoms with Crippen LogP contribution in [-0.4, -0.2) is 42.7 Å². The van der Waals surface area contributed by atoms with Gasteiger partial charge in [-0.3, -0.25) is 9.69 Å². The van der Waals surface area contributed by atoms with E-state index in [9.17, 15) is 10.1 Å². The van der Waals surface area contributed by atoms with Crippen molar-refractivity contribution in [1.29, 1.82) is 5.26 Å². The van der Waals surface area contributed by atoms with Crippen molar-refractivity contribution < 1.29 is 19.0 Å². The highest BCUT2D eigenvalue weighted by atomic mass is 16.5. The van der Waals surface area contributed by atoms with Gasteiger partial charge in [0.2, 0.25) is 12.2 Å². The lowest BCUT2D eigenvalue weighted by molar-refractivity contribution is -0.106. The van der Waals surface area contributed by atoms with E-state index >= 15 is 0 Å². The third kappa shape index (κ3) is 2.91. The summed E-state index contributed by atoms with van der Waals surface area (Å²) in [6, 6.07) is 10.7. The minimum atomic E-state index is 0.171. The lowest BCUT2D eigenvalue weighted by atomic mass is 10.1. The number of pyridine rings is 1. The fourth-order valence-electron chi connectivity index (χ4n) is 3.33. The molecule has 0 radical (unpaired) electrons. The van der Waals surface area contributed by atoms with E-state index < -0.39 is 0 Å². The van der Waals surface area contributed by atoms with Crippen LogP contribution in [-0.2, 0) is 4.79 Å². The molecule has 150 valence electrons. The van der Waals surface area contributed by atoms with Crippen LogP contribution in [0.4, 0.5) is 11.5 Å². The molecule has 0 aliphatic carbocycles. The van der Waals surface area contributed by atoms with Gasteiger partial charge in [0, 0.05) is 17.5 Å². The second-order valence-electron chi connectivity index (χ2n) is 6.27. The van der Waals surface area contributed by atoms with Crippen molar-refractivity contribution in [1.82, 2.24) is 15.0 Å². The maximum absolute atomic E-state index is 12.1. The molecular weight excluding hydrogens is 386 g/mol. The van der Waals surface area contributed by atoms with Gasteiger partial charge >= 0.3 is 0 Å². The van der Waals surface area contributed by atoms with Crippen molar-refractivity contribution in [2.24, 2.45) is 0 Å². The minimum Gasteiger partial charge on any atom is -0.493 e. The van der Waals surface area contributed by atoms with Gasteiger partial charge in [-0.2, -0.15) is 5.26 Å². The summed E-state index contributed by atoms with van der Waals surface area (Å²) in [6.45, 7) is 0. The first-order valence-electron chi connectivity index (χ1n) is 8.86. The Balaban J connectivity index is 1.97. The van der Waals surface area contributed by atoms with E-state index in [2.05, 4.69) is 21.0 Å². The second kappa shape index (κ2) is 7.60. The van der Waals surface area contributed by atoms with E-state index in [4.69, 9.17) is 14.2 Å². The standard InChI is InChI=1S/C21H17N5O4/c1-28-16-7-14(8-17(29-2)20(16)30-3)26(11-27)21-13(9-22)6-12-4-5-15-19(18(12)25-21)24-10-23-15/h4-8,10-11H,1-3H3,(H,23,24). The molecule has 0 saturated carbocycles. The number of aromatic amines is 1. The molecule has 0 aliphatic heterocycles. The van der Waals surface area contributed by atoms with Gasteiger partial charge in [-0.25, -0.2) is 9.97 Å². The molecule has 0 saturated heterocycles. The second-order valence-corrected chi connectivity index (χ2v) is 6.27. The lowest BCUT2D eigenvalue weighted by Crippen LogP contribution is -2.17. The van der Waals surface area contributed by atoms with Crippen LogP contribution in [0.3, 0.4) is 0 Å². The number of amides is 1. The van der Waals surface area contributed by atoms with Crippen molar-refractivity contribution in [3.05, 3.63) is 42.2 Å². The first kappa shape index (κ1) is 19.0. The van der Waals surface area contributed by atoms with Gasteiger partial charge in [0.05, 0.1) is 44.4 Å². The van der Waals surface area contributed by atoms with Crippen molar-refractivity contribution in [2.75, 3.05) is 26.2 Å². The van der Waals surface area contributed by atoms with Crippen molar-refractivity contribution in [3.8, 4) is 23.3 Å². The van der Waals surface area contributed by atoms with Gasteiger partial charge in [-0.05, 0) is 12.1 Å². The fourth-order valence-corrected chi connectivity index (χ4v) is 3.33. The number of imidazole rings is 1. The smallest absolute Gasteiger partial charge is 0.219 e. The summed E-state index contributed by atoms with van der Waals surface area (Å²) in [5, 5.41) is 10.4. The number of nitrogens with zero attached hydrogens (tertiary/aromatic N) is 4. The SMILES string of the molecule is COc1cc(N(C=O)c2nc3c(ccc4[nH]cnc43)cc2C#N)cc(OC)c1OC. The molecule has 9 nitrogen and oxygen atoms in total. The van der Waals surface area contributed by atoms with E-state index in [-0.39, 0.29) is 11.4 Å². The van der Waals surface area contributed by atoms with Crippen molar-refractivity contribution in [3.63, 3.8) is 0 Å². The molecular formula is C21H17N5O4. The fraction of sp³-hybridized carbons (Fsp3) is 0.143. The van der Waals surface area contributed by atoms with Crippen LogP contribution in [0.1, 0.15) is 5.56 Å². The summed E-state index contributed by atoms with van der Waals surface area (Å²) < 4.78 is 16.1. The Bertz CT molecular complexity index is 1280. The Morgan fingerprint density at radius 1 is 1.07 bits per heavy atom. The van der Waals surface area contributed by atoms with Crippen LogP contribution in [0.2, 0.25) is 0 Å². The molecule has 30 heavy (non-hydrogen) atoms. The first-order chi connectivity index (χ1) is 14.6. The number of rotatable bonds is 6. The van der Waals surface area contributed by atoms with Crippen LogP contribution >= 0.6 is 0 Å². The Morgan fingerprint density at radius 2 is 1.80 bits per heavy atom. The number of nitriles is 1. The van der Waals surface area contributed by atoms with Gasteiger partial charge in [0.25, 0.3) is 0 Å². The van der Waals surface area contributed by atoms with Gasteiger partial charge < -0.3 is 19.2 Å². The Hall–Kier alpha value is -4.32. The molecule has 4 rings (SSSR count). The number of carbonyl (C=O) groups is 1. The number of aromatic nitrogens is 3. The zero-order chi connectivity index (χ0) is 21.3. The van der Waals surface area contributed by atoms with Crippen LogP contribution in [0.15, 0.2) is 36.7 Å². The zero-order valence-electron chi connectivity index (χ0n) is 16.5. The molecule has 2 aromatic carbocycles. The first-order valence-corrected chi connectivity index (χ1v) is 8.86. The van der Waals surface area contributed by atoms with Crippen LogP contribution in [0.5, 0.6) is 17.2 Å². The number of hydrogen-bond acceptors (Lipinski definition) is 7. The molecule has 0 bridgehead atoms. The van der Waals surface area contributed by atoms with E-state index in [1.807, 2.05) is 12.1 Å². The highest BCUT2D eigenvalue weighted by Gasteiger charge is 2.21. The number of benzene rings is 2. The summed E-state index contributed by atoms with van der Waals surface area (Å²) in [4.78, 5) is 25.3. The van der Waals surface area contributed by atoms with E-state index in [1.165, 1.54) is 26.2 Å². The van der Waals surface area contributed by atoms with E-state index in [0.717, 1.165) is 10.9 Å². The maximum Gasteiger partial charge on any atom is 0.219 e. The third-order valence-corrected chi connectivity index (χ3v) is 4.74. The van der Waals surface area contributed by atoms with E-state index in [1.54, 1.807) is 24.5 Å². The number of hydrogen-bond donors (Lipinski definition) is 1. The highest BCUT2D eigenvalue weighted by molar-refractivity contribution is 6.03. The molecule has 4 aromatic rings. The summed E-state index contributed by atoms with van der Waals surface area (Å²) in [5.74, 6) is 1.30. The Kier molecular flexibility index (Phi) is 4.82. The molecule has 0 spiro atoms. The number of H-pyrrole nitrogens is 1. The topological polar surface area (TPSA) is 113 Å². The van der Waals surface area contributed by atoms with Crippen LogP contribution < -0.4 is 19.1 Å². The molecule has 0 atom stereocenters. The predicted molar refractivity (Wildman–Crippen MR) is 110 cm³/mol. The average Bonchev–Trinajstić information content (AvgIpc) is 3.27. The Morgan fingerprint density at radius 3 is 2.40 bits per heavy atom. The van der Waals surface area contributed by atoms with Gasteiger partial charge in [-0.15, -0.1) is 0 Å². The normalized spacial score (nSPS) is 10.6. The number of nitrogens with one attached hydrogen (secondary N) is 1. The van der Waals surface area contributed by atoms with Crippen LogP contribution in [0, 0.1) is 11.3 Å². The molecule has 2 aromatic heterocycles. The minimum absolute atomic E-state index is 0.171. The van der Waals surface area contributed by atoms with Crippen molar-refractivity contribution in [2.45, 2.75) is 0 Å². The molecule has 0 unspecified atom stereocenters. The number of carbonyl (C=O) groups excluding carboxylic acids is 1. The largest absolute Gasteiger partial charge is 0.493 e. The number of anilines is 2. The lowest BCUT2D eigenvalue weighted by Gasteiger charge is -2.21. The molecule has 0 aliphatic rings. The predicted octanol–water partition coefficient (Wildman–Crippen LogP) is 3.30. The molecule has 9 heteroatoms. The highest BCUT2D eigenvalue weighted by Crippen LogP contribution is 2.42.